The molecule has 1 aliphatic rings. The molecule has 0 amide bonds. The standard InChI is InChI=1S/C21H26N2O5S/c1-13-18(14(2)22-19(13)21(25)28-4)20(24)15(3)23(12-16-10-11-16)29(26,27)17-8-6-5-7-9-17/h5-9,15-16,22H,10-12H2,1-4H3. The number of H-pyrrole nitrogens is 1. The molecule has 1 atom stereocenters. The molecular formula is C21H26N2O5S. The number of ether oxygens (including phenoxy) is 1. The van der Waals surface area contributed by atoms with Crippen molar-refractivity contribution in [3.63, 3.8) is 0 Å². The molecule has 3 rings (SSSR count). The lowest BCUT2D eigenvalue weighted by Crippen LogP contribution is -2.44. The maximum Gasteiger partial charge on any atom is 0.354 e. The first-order chi connectivity index (χ1) is 13.7. The highest BCUT2D eigenvalue weighted by molar-refractivity contribution is 7.89. The van der Waals surface area contributed by atoms with Gasteiger partial charge in [-0.25, -0.2) is 13.2 Å². The van der Waals surface area contributed by atoms with Gasteiger partial charge in [-0.15, -0.1) is 0 Å². The summed E-state index contributed by atoms with van der Waals surface area (Å²) in [4.78, 5) is 28.4. The number of nitrogens with one attached hydrogen (secondary N) is 1. The number of hydrogen-bond acceptors (Lipinski definition) is 5. The highest BCUT2D eigenvalue weighted by Crippen LogP contribution is 2.33. The molecule has 1 aliphatic carbocycles. The molecule has 29 heavy (non-hydrogen) atoms. The predicted molar refractivity (Wildman–Crippen MR) is 108 cm³/mol. The van der Waals surface area contributed by atoms with Gasteiger partial charge in [-0.3, -0.25) is 4.79 Å². The van der Waals surface area contributed by atoms with Gasteiger partial charge in [-0.05, 0) is 57.2 Å². The third-order valence-corrected chi connectivity index (χ3v) is 7.32. The van der Waals surface area contributed by atoms with E-state index in [0.29, 0.717) is 23.4 Å². The van der Waals surface area contributed by atoms with Crippen molar-refractivity contribution in [3.8, 4) is 0 Å². The van der Waals surface area contributed by atoms with Crippen molar-refractivity contribution in [1.29, 1.82) is 0 Å². The van der Waals surface area contributed by atoms with Crippen molar-refractivity contribution in [2.75, 3.05) is 13.7 Å². The molecule has 2 aromatic rings. The average molecular weight is 419 g/mol. The molecule has 1 unspecified atom stereocenters. The quantitative estimate of drug-likeness (QED) is 0.525. The van der Waals surface area contributed by atoms with Crippen molar-refractivity contribution >= 4 is 21.8 Å². The highest BCUT2D eigenvalue weighted by atomic mass is 32.2. The van der Waals surface area contributed by atoms with Crippen LogP contribution in [0.2, 0.25) is 0 Å². The molecule has 0 aliphatic heterocycles. The summed E-state index contributed by atoms with van der Waals surface area (Å²) in [5.41, 5.74) is 1.53. The smallest absolute Gasteiger partial charge is 0.354 e. The lowest BCUT2D eigenvalue weighted by molar-refractivity contribution is 0.0594. The summed E-state index contributed by atoms with van der Waals surface area (Å²) in [6, 6.07) is 7.25. The van der Waals surface area contributed by atoms with Gasteiger partial charge in [0.2, 0.25) is 10.0 Å². The van der Waals surface area contributed by atoms with Crippen LogP contribution in [-0.2, 0) is 14.8 Å². The number of carbonyl (C=O) groups excluding carboxylic acids is 2. The molecular weight excluding hydrogens is 392 g/mol. The average Bonchev–Trinajstić information content (AvgIpc) is 3.48. The normalized spacial score (nSPS) is 15.3. The molecule has 1 fully saturated rings. The minimum atomic E-state index is -3.84. The van der Waals surface area contributed by atoms with Crippen LogP contribution in [0.15, 0.2) is 35.2 Å². The number of aryl methyl sites for hydroxylation is 1. The number of nitrogens with zero attached hydrogens (tertiary/aromatic N) is 1. The number of methoxy groups -OCH3 is 1. The summed E-state index contributed by atoms with van der Waals surface area (Å²) < 4.78 is 32.6. The molecule has 1 N–H and O–H groups in total. The van der Waals surface area contributed by atoms with E-state index in [1.807, 2.05) is 0 Å². The molecule has 8 heteroatoms. The van der Waals surface area contributed by atoms with Gasteiger partial charge in [0.25, 0.3) is 0 Å². The van der Waals surface area contributed by atoms with Crippen LogP contribution in [0.25, 0.3) is 0 Å². The summed E-state index contributed by atoms with van der Waals surface area (Å²) >= 11 is 0. The van der Waals surface area contributed by atoms with E-state index < -0.39 is 22.0 Å². The van der Waals surface area contributed by atoms with Crippen LogP contribution in [0, 0.1) is 19.8 Å². The van der Waals surface area contributed by atoms with Crippen molar-refractivity contribution in [2.24, 2.45) is 5.92 Å². The first-order valence-electron chi connectivity index (χ1n) is 9.57. The van der Waals surface area contributed by atoms with Crippen LogP contribution in [0.5, 0.6) is 0 Å². The zero-order valence-corrected chi connectivity index (χ0v) is 17.9. The molecule has 156 valence electrons. The Hall–Kier alpha value is -2.45. The van der Waals surface area contributed by atoms with Gasteiger partial charge in [0.05, 0.1) is 18.0 Å². The number of benzene rings is 1. The summed E-state index contributed by atoms with van der Waals surface area (Å²) in [7, 11) is -2.57. The first-order valence-corrected chi connectivity index (χ1v) is 11.0. The van der Waals surface area contributed by atoms with E-state index in [2.05, 4.69) is 4.98 Å². The van der Waals surface area contributed by atoms with Crippen LogP contribution in [0.4, 0.5) is 0 Å². The van der Waals surface area contributed by atoms with Crippen LogP contribution >= 0.6 is 0 Å². The topological polar surface area (TPSA) is 96.5 Å². The van der Waals surface area contributed by atoms with E-state index in [0.717, 1.165) is 12.8 Å². The van der Waals surface area contributed by atoms with Crippen molar-refractivity contribution in [2.45, 2.75) is 44.6 Å². The second-order valence-corrected chi connectivity index (χ2v) is 9.38. The van der Waals surface area contributed by atoms with E-state index >= 15 is 0 Å². The molecule has 1 aromatic heterocycles. The lowest BCUT2D eigenvalue weighted by atomic mass is 10.0. The summed E-state index contributed by atoms with van der Waals surface area (Å²) in [5, 5.41) is 0. The van der Waals surface area contributed by atoms with Gasteiger partial charge in [-0.1, -0.05) is 18.2 Å². The summed E-state index contributed by atoms with van der Waals surface area (Å²) in [6.45, 7) is 5.26. The van der Waals surface area contributed by atoms with Gasteiger partial charge >= 0.3 is 5.97 Å². The Kier molecular flexibility index (Phi) is 5.95. The molecule has 0 spiro atoms. The van der Waals surface area contributed by atoms with Gasteiger partial charge in [0, 0.05) is 17.8 Å². The third-order valence-electron chi connectivity index (χ3n) is 5.37. The Morgan fingerprint density at radius 3 is 2.38 bits per heavy atom. The number of aromatic nitrogens is 1. The Morgan fingerprint density at radius 1 is 1.21 bits per heavy atom. The Morgan fingerprint density at radius 2 is 1.83 bits per heavy atom. The Labute approximate surface area is 171 Å². The van der Waals surface area contributed by atoms with E-state index in [4.69, 9.17) is 4.74 Å². The fraction of sp³-hybridized carbons (Fsp3) is 0.429. The van der Waals surface area contributed by atoms with Crippen LogP contribution in [0.3, 0.4) is 0 Å². The number of ketones is 1. The molecule has 0 bridgehead atoms. The summed E-state index contributed by atoms with van der Waals surface area (Å²) in [5.74, 6) is -0.640. The zero-order valence-electron chi connectivity index (χ0n) is 17.1. The molecule has 1 saturated carbocycles. The number of esters is 1. The molecule has 0 radical (unpaired) electrons. The third kappa shape index (κ3) is 4.13. The fourth-order valence-electron chi connectivity index (χ4n) is 3.51. The Bertz CT molecular complexity index is 1020. The molecule has 1 aromatic carbocycles. The van der Waals surface area contributed by atoms with Gasteiger partial charge in [0.1, 0.15) is 5.69 Å². The first kappa shape index (κ1) is 21.3. The van der Waals surface area contributed by atoms with E-state index in [-0.39, 0.29) is 22.3 Å². The van der Waals surface area contributed by atoms with E-state index in [9.17, 15) is 18.0 Å². The molecule has 7 nitrogen and oxygen atoms in total. The second-order valence-electron chi connectivity index (χ2n) is 7.49. The fourth-order valence-corrected chi connectivity index (χ4v) is 5.20. The minimum absolute atomic E-state index is 0.165. The van der Waals surface area contributed by atoms with Gasteiger partial charge in [-0.2, -0.15) is 4.31 Å². The van der Waals surface area contributed by atoms with Crippen molar-refractivity contribution in [3.05, 3.63) is 52.8 Å². The Balaban J connectivity index is 1.99. The van der Waals surface area contributed by atoms with Gasteiger partial charge in [0.15, 0.2) is 5.78 Å². The van der Waals surface area contributed by atoms with Crippen LogP contribution in [0.1, 0.15) is 51.9 Å². The number of hydrogen-bond donors (Lipinski definition) is 1. The lowest BCUT2D eigenvalue weighted by Gasteiger charge is -2.28. The predicted octanol–water partition coefficient (Wildman–Crippen LogP) is 3.09. The highest BCUT2D eigenvalue weighted by Gasteiger charge is 2.39. The zero-order chi connectivity index (χ0) is 21.3. The number of carbonyl (C=O) groups is 2. The molecule has 1 heterocycles. The number of Topliss-reactive ketones (excluding diaryl/α,β-unsaturated/α-hetero) is 1. The number of sulfonamides is 1. The largest absolute Gasteiger partial charge is 0.464 e. The maximum atomic E-state index is 13.4. The maximum absolute atomic E-state index is 13.4. The van der Waals surface area contributed by atoms with Crippen molar-refractivity contribution in [1.82, 2.24) is 9.29 Å². The number of rotatable bonds is 8. The van der Waals surface area contributed by atoms with Crippen molar-refractivity contribution < 1.29 is 22.7 Å². The van der Waals surface area contributed by atoms with E-state index in [1.165, 1.54) is 23.5 Å². The number of aromatic amines is 1. The van der Waals surface area contributed by atoms with Crippen LogP contribution in [-0.4, -0.2) is 49.2 Å². The van der Waals surface area contributed by atoms with Gasteiger partial charge < -0.3 is 9.72 Å². The molecule has 0 saturated heterocycles. The minimum Gasteiger partial charge on any atom is -0.464 e. The van der Waals surface area contributed by atoms with Crippen LogP contribution < -0.4 is 0 Å². The SMILES string of the molecule is COC(=O)c1[nH]c(C)c(C(=O)C(C)N(CC2CC2)S(=O)(=O)c2ccccc2)c1C. The van der Waals surface area contributed by atoms with E-state index in [1.54, 1.807) is 39.0 Å². The second kappa shape index (κ2) is 8.12. The monoisotopic (exact) mass is 418 g/mol. The summed E-state index contributed by atoms with van der Waals surface area (Å²) in [6.07, 6.45) is 1.91.